The highest BCUT2D eigenvalue weighted by Crippen LogP contribution is 2.29. The number of hydrogen-bond acceptors (Lipinski definition) is 3. The molecule has 0 aliphatic heterocycles. The van der Waals surface area contributed by atoms with Crippen LogP contribution < -0.4 is 0 Å². The molecule has 22 heavy (non-hydrogen) atoms. The minimum Gasteiger partial charge on any atom is -0.391 e. The third-order valence-corrected chi connectivity index (χ3v) is 5.18. The van der Waals surface area contributed by atoms with Gasteiger partial charge in [0.05, 0.1) is 6.10 Å². The largest absolute Gasteiger partial charge is 0.391 e. The second-order valence-corrected chi connectivity index (χ2v) is 8.68. The molecule has 0 aliphatic rings. The molecule has 134 valence electrons. The molecular formula is C17H36O4S. The molecule has 0 bridgehead atoms. The number of aliphatic hydroxyl groups excluding tert-OH is 1. The Balaban J connectivity index is 3.64. The van der Waals surface area contributed by atoms with Crippen molar-refractivity contribution < 1.29 is 18.1 Å². The molecule has 0 radical (unpaired) electrons. The lowest BCUT2D eigenvalue weighted by Gasteiger charge is -2.29. The van der Waals surface area contributed by atoms with Gasteiger partial charge in [0.15, 0.2) is 0 Å². The fourth-order valence-corrected chi connectivity index (χ4v) is 3.51. The van der Waals surface area contributed by atoms with E-state index in [1.807, 2.05) is 13.8 Å². The molecule has 0 spiro atoms. The topological polar surface area (TPSA) is 74.6 Å². The first kappa shape index (κ1) is 21.9. The van der Waals surface area contributed by atoms with Crippen LogP contribution in [0, 0.1) is 5.41 Å². The summed E-state index contributed by atoms with van der Waals surface area (Å²) in [7, 11) is -4.11. The number of aliphatic hydroxyl groups is 1. The van der Waals surface area contributed by atoms with Crippen LogP contribution in [0.4, 0.5) is 0 Å². The lowest BCUT2D eigenvalue weighted by atomic mass is 9.82. The molecule has 0 saturated carbocycles. The highest BCUT2D eigenvalue weighted by molar-refractivity contribution is 7.85. The first-order valence-corrected chi connectivity index (χ1v) is 10.4. The quantitative estimate of drug-likeness (QED) is 0.360. The van der Waals surface area contributed by atoms with Crippen LogP contribution in [0.2, 0.25) is 0 Å². The second kappa shape index (κ2) is 11.4. The summed E-state index contributed by atoms with van der Waals surface area (Å²) in [6.07, 6.45) is 12.3. The van der Waals surface area contributed by atoms with Crippen molar-refractivity contribution in [2.24, 2.45) is 5.41 Å². The van der Waals surface area contributed by atoms with E-state index in [1.165, 1.54) is 51.4 Å². The number of unbranched alkanes of at least 4 members (excludes halogenated alkanes) is 9. The summed E-state index contributed by atoms with van der Waals surface area (Å²) in [6.45, 7) is 5.95. The zero-order valence-corrected chi connectivity index (χ0v) is 15.5. The van der Waals surface area contributed by atoms with E-state index < -0.39 is 27.4 Å². The molecule has 4 nitrogen and oxygen atoms in total. The van der Waals surface area contributed by atoms with Gasteiger partial charge in [-0.25, -0.2) is 0 Å². The van der Waals surface area contributed by atoms with Crippen molar-refractivity contribution in [2.45, 2.75) is 97.5 Å². The summed E-state index contributed by atoms with van der Waals surface area (Å²) in [5.74, 6) is -0.572. The van der Waals surface area contributed by atoms with Crippen molar-refractivity contribution in [2.75, 3.05) is 5.75 Å². The van der Waals surface area contributed by atoms with Crippen LogP contribution in [0.1, 0.15) is 91.4 Å². The van der Waals surface area contributed by atoms with E-state index in [9.17, 15) is 13.5 Å². The van der Waals surface area contributed by atoms with Gasteiger partial charge in [-0.1, -0.05) is 85.0 Å². The fourth-order valence-electron chi connectivity index (χ4n) is 2.66. The average Bonchev–Trinajstić information content (AvgIpc) is 2.39. The molecule has 0 heterocycles. The molecule has 2 N–H and O–H groups in total. The first-order valence-electron chi connectivity index (χ1n) is 8.82. The number of hydrogen-bond donors (Lipinski definition) is 2. The Bertz CT molecular complexity index is 363. The Labute approximate surface area is 137 Å². The van der Waals surface area contributed by atoms with Crippen LogP contribution >= 0.6 is 0 Å². The molecular weight excluding hydrogens is 300 g/mol. The number of rotatable bonds is 14. The summed E-state index contributed by atoms with van der Waals surface area (Å²) < 4.78 is 30.5. The van der Waals surface area contributed by atoms with Gasteiger partial charge >= 0.3 is 0 Å². The molecule has 0 fully saturated rings. The highest BCUT2D eigenvalue weighted by Gasteiger charge is 2.30. The van der Waals surface area contributed by atoms with Gasteiger partial charge in [0.2, 0.25) is 0 Å². The van der Waals surface area contributed by atoms with E-state index in [0.717, 1.165) is 19.3 Å². The van der Waals surface area contributed by atoms with Gasteiger partial charge in [-0.05, 0) is 11.8 Å². The first-order chi connectivity index (χ1) is 10.2. The standard InChI is InChI=1S/C17H36O4S/c1-4-5-6-7-8-9-10-11-12-13-14-17(2,3)16(18)15-22(19,20)21/h16,18H,4-15H2,1-3H3,(H,19,20,21). The summed E-state index contributed by atoms with van der Waals surface area (Å²) in [5, 5.41) is 9.92. The van der Waals surface area contributed by atoms with E-state index in [0.29, 0.717) is 0 Å². The molecule has 0 aromatic rings. The molecule has 5 heteroatoms. The Morgan fingerprint density at radius 2 is 1.27 bits per heavy atom. The zero-order valence-electron chi connectivity index (χ0n) is 14.7. The Hall–Kier alpha value is -0.130. The summed E-state index contributed by atoms with van der Waals surface area (Å²) in [5.41, 5.74) is -0.476. The second-order valence-electron chi connectivity index (χ2n) is 7.18. The van der Waals surface area contributed by atoms with Gasteiger partial charge in [0, 0.05) is 0 Å². The lowest BCUT2D eigenvalue weighted by Crippen LogP contribution is -2.35. The molecule has 0 aromatic carbocycles. The maximum atomic E-state index is 10.8. The van der Waals surface area contributed by atoms with E-state index in [2.05, 4.69) is 6.92 Å². The lowest BCUT2D eigenvalue weighted by molar-refractivity contribution is 0.0590. The SMILES string of the molecule is CCCCCCCCCCCCC(C)(C)C(O)CS(=O)(=O)O. The summed E-state index contributed by atoms with van der Waals surface area (Å²) >= 11 is 0. The monoisotopic (exact) mass is 336 g/mol. The maximum absolute atomic E-state index is 10.8. The fraction of sp³-hybridized carbons (Fsp3) is 1.00. The summed E-state index contributed by atoms with van der Waals surface area (Å²) in [4.78, 5) is 0. The van der Waals surface area contributed by atoms with Gasteiger partial charge in [-0.3, -0.25) is 4.55 Å². The van der Waals surface area contributed by atoms with Gasteiger partial charge in [0.1, 0.15) is 5.75 Å². The Morgan fingerprint density at radius 3 is 1.68 bits per heavy atom. The van der Waals surface area contributed by atoms with Crippen LogP contribution in [0.3, 0.4) is 0 Å². The van der Waals surface area contributed by atoms with Crippen molar-refractivity contribution in [1.29, 1.82) is 0 Å². The predicted molar refractivity (Wildman–Crippen MR) is 92.7 cm³/mol. The van der Waals surface area contributed by atoms with E-state index >= 15 is 0 Å². The Kier molecular flexibility index (Phi) is 11.3. The molecule has 0 amide bonds. The third-order valence-electron chi connectivity index (χ3n) is 4.45. The molecule has 0 saturated heterocycles. The van der Waals surface area contributed by atoms with Gasteiger partial charge < -0.3 is 5.11 Å². The highest BCUT2D eigenvalue weighted by atomic mass is 32.2. The Morgan fingerprint density at radius 1 is 0.864 bits per heavy atom. The minimum absolute atomic E-state index is 0.476. The van der Waals surface area contributed by atoms with Crippen molar-refractivity contribution in [1.82, 2.24) is 0 Å². The van der Waals surface area contributed by atoms with Crippen molar-refractivity contribution in [3.63, 3.8) is 0 Å². The van der Waals surface area contributed by atoms with Gasteiger partial charge in [-0.2, -0.15) is 8.42 Å². The molecule has 0 rings (SSSR count). The van der Waals surface area contributed by atoms with Crippen LogP contribution in [0.15, 0.2) is 0 Å². The summed E-state index contributed by atoms with van der Waals surface area (Å²) in [6, 6.07) is 0. The van der Waals surface area contributed by atoms with Crippen LogP contribution in [0.5, 0.6) is 0 Å². The zero-order chi connectivity index (χ0) is 17.1. The van der Waals surface area contributed by atoms with Gasteiger partial charge in [-0.15, -0.1) is 0 Å². The van der Waals surface area contributed by atoms with Crippen LogP contribution in [0.25, 0.3) is 0 Å². The van der Waals surface area contributed by atoms with E-state index in [-0.39, 0.29) is 0 Å². The molecule has 1 unspecified atom stereocenters. The van der Waals surface area contributed by atoms with Crippen molar-refractivity contribution >= 4 is 10.1 Å². The van der Waals surface area contributed by atoms with Crippen LogP contribution in [-0.2, 0) is 10.1 Å². The maximum Gasteiger partial charge on any atom is 0.267 e. The average molecular weight is 337 g/mol. The minimum atomic E-state index is -4.11. The molecule has 1 atom stereocenters. The van der Waals surface area contributed by atoms with Crippen molar-refractivity contribution in [3.05, 3.63) is 0 Å². The van der Waals surface area contributed by atoms with Crippen LogP contribution in [-0.4, -0.2) is 29.9 Å². The molecule has 0 aromatic heterocycles. The van der Waals surface area contributed by atoms with Crippen molar-refractivity contribution in [3.8, 4) is 0 Å². The molecule has 0 aliphatic carbocycles. The van der Waals surface area contributed by atoms with E-state index in [1.54, 1.807) is 0 Å². The normalized spacial score (nSPS) is 14.2. The van der Waals surface area contributed by atoms with Gasteiger partial charge in [0.25, 0.3) is 10.1 Å². The smallest absolute Gasteiger partial charge is 0.267 e. The van der Waals surface area contributed by atoms with E-state index in [4.69, 9.17) is 4.55 Å². The predicted octanol–water partition coefficient (Wildman–Crippen LogP) is 4.57. The third kappa shape index (κ3) is 12.4.